The molecule has 0 fully saturated rings. The number of hydrogen-bond donors (Lipinski definition) is 2. The van der Waals surface area contributed by atoms with Crippen LogP contribution in [-0.4, -0.2) is 16.6 Å². The number of aromatic amines is 1. The largest absolute Gasteiger partial charge is 0.357 e. The molecular weight excluding hydrogens is 263 g/mol. The molecular formula is C14H13FN2OS. The number of fused-ring (bicyclic) bond motifs is 1. The van der Waals surface area contributed by atoms with Gasteiger partial charge in [0.15, 0.2) is 0 Å². The lowest BCUT2D eigenvalue weighted by atomic mass is 10.0. The van der Waals surface area contributed by atoms with E-state index in [1.54, 1.807) is 36.2 Å². The van der Waals surface area contributed by atoms with Crippen LogP contribution in [0.15, 0.2) is 41.4 Å². The Kier molecular flexibility index (Phi) is 3.29. The van der Waals surface area contributed by atoms with Crippen LogP contribution >= 0.6 is 11.8 Å². The second-order valence-electron chi connectivity index (χ2n) is 4.43. The van der Waals surface area contributed by atoms with Crippen LogP contribution in [-0.2, 0) is 0 Å². The lowest BCUT2D eigenvalue weighted by molar-refractivity contribution is 0.0930. The van der Waals surface area contributed by atoms with Crippen LogP contribution in [0.1, 0.15) is 28.5 Å². The first kappa shape index (κ1) is 12.3. The van der Waals surface area contributed by atoms with Gasteiger partial charge in [-0.3, -0.25) is 4.79 Å². The summed E-state index contributed by atoms with van der Waals surface area (Å²) in [5.74, 6) is 0.506. The zero-order valence-corrected chi connectivity index (χ0v) is 11.0. The summed E-state index contributed by atoms with van der Waals surface area (Å²) in [6.45, 7) is 0. The molecule has 2 aromatic rings. The van der Waals surface area contributed by atoms with Gasteiger partial charge in [0.1, 0.15) is 11.5 Å². The molecule has 1 amide bonds. The van der Waals surface area contributed by atoms with Gasteiger partial charge in [-0.1, -0.05) is 0 Å². The van der Waals surface area contributed by atoms with Gasteiger partial charge in [0, 0.05) is 16.8 Å². The predicted molar refractivity (Wildman–Crippen MR) is 72.7 cm³/mol. The highest BCUT2D eigenvalue weighted by molar-refractivity contribution is 7.99. The van der Waals surface area contributed by atoms with Gasteiger partial charge in [-0.05, 0) is 42.3 Å². The first-order valence-electron chi connectivity index (χ1n) is 6.10. The molecule has 1 aromatic heterocycles. The van der Waals surface area contributed by atoms with Gasteiger partial charge in [-0.25, -0.2) is 4.39 Å². The van der Waals surface area contributed by atoms with Crippen molar-refractivity contribution in [3.63, 3.8) is 0 Å². The van der Waals surface area contributed by atoms with Crippen LogP contribution in [0.4, 0.5) is 4.39 Å². The summed E-state index contributed by atoms with van der Waals surface area (Å²) in [6.07, 6.45) is 2.52. The zero-order chi connectivity index (χ0) is 13.2. The van der Waals surface area contributed by atoms with E-state index >= 15 is 0 Å². The Labute approximate surface area is 114 Å². The van der Waals surface area contributed by atoms with E-state index < -0.39 is 0 Å². The minimum atomic E-state index is -0.264. The highest BCUT2D eigenvalue weighted by Gasteiger charge is 2.23. The molecule has 1 aliphatic heterocycles. The molecule has 2 heterocycles. The van der Waals surface area contributed by atoms with Crippen molar-refractivity contribution in [1.29, 1.82) is 0 Å². The van der Waals surface area contributed by atoms with Gasteiger partial charge >= 0.3 is 0 Å². The SMILES string of the molecule is O=C(NC1CCSc2ccc(F)cc21)c1ccc[nH]1. The molecule has 98 valence electrons. The molecule has 1 atom stereocenters. The van der Waals surface area contributed by atoms with E-state index in [4.69, 9.17) is 0 Å². The Bertz CT molecular complexity index is 597. The lowest BCUT2D eigenvalue weighted by Gasteiger charge is -2.25. The molecule has 0 radical (unpaired) electrons. The number of benzene rings is 1. The molecule has 1 unspecified atom stereocenters. The maximum absolute atomic E-state index is 13.4. The van der Waals surface area contributed by atoms with Gasteiger partial charge in [0.2, 0.25) is 0 Å². The summed E-state index contributed by atoms with van der Waals surface area (Å²) in [7, 11) is 0. The highest BCUT2D eigenvalue weighted by atomic mass is 32.2. The number of rotatable bonds is 2. The predicted octanol–water partition coefficient (Wildman–Crippen LogP) is 3.12. The number of aromatic nitrogens is 1. The highest BCUT2D eigenvalue weighted by Crippen LogP contribution is 2.36. The molecule has 0 saturated carbocycles. The minimum Gasteiger partial charge on any atom is -0.357 e. The number of thioether (sulfide) groups is 1. The summed E-state index contributed by atoms with van der Waals surface area (Å²) in [5, 5.41) is 2.95. The smallest absolute Gasteiger partial charge is 0.268 e. The third-order valence-electron chi connectivity index (χ3n) is 3.16. The summed E-state index contributed by atoms with van der Waals surface area (Å²) >= 11 is 1.70. The number of nitrogens with one attached hydrogen (secondary N) is 2. The quantitative estimate of drug-likeness (QED) is 0.885. The summed E-state index contributed by atoms with van der Waals surface area (Å²) in [6, 6.07) is 8.13. The van der Waals surface area contributed by atoms with Crippen LogP contribution in [0.25, 0.3) is 0 Å². The van der Waals surface area contributed by atoms with E-state index in [9.17, 15) is 9.18 Å². The molecule has 3 rings (SSSR count). The van der Waals surface area contributed by atoms with Crippen LogP contribution in [0.2, 0.25) is 0 Å². The number of carbonyl (C=O) groups excluding carboxylic acids is 1. The molecule has 5 heteroatoms. The number of amides is 1. The van der Waals surface area contributed by atoms with Crippen molar-refractivity contribution in [2.45, 2.75) is 17.4 Å². The van der Waals surface area contributed by atoms with E-state index in [1.807, 2.05) is 0 Å². The van der Waals surface area contributed by atoms with Crippen LogP contribution < -0.4 is 5.32 Å². The second kappa shape index (κ2) is 5.09. The van der Waals surface area contributed by atoms with Crippen LogP contribution in [0.3, 0.4) is 0 Å². The van der Waals surface area contributed by atoms with E-state index in [-0.39, 0.29) is 17.8 Å². The molecule has 1 aliphatic rings. The topological polar surface area (TPSA) is 44.9 Å². The van der Waals surface area contributed by atoms with E-state index in [0.29, 0.717) is 5.69 Å². The second-order valence-corrected chi connectivity index (χ2v) is 5.57. The first-order valence-corrected chi connectivity index (χ1v) is 7.09. The third-order valence-corrected chi connectivity index (χ3v) is 4.28. The Hall–Kier alpha value is -1.75. The number of H-pyrrole nitrogens is 1. The van der Waals surface area contributed by atoms with Gasteiger partial charge < -0.3 is 10.3 Å². The van der Waals surface area contributed by atoms with Crippen molar-refractivity contribution in [1.82, 2.24) is 10.3 Å². The normalized spacial score (nSPS) is 17.8. The maximum Gasteiger partial charge on any atom is 0.268 e. The van der Waals surface area contributed by atoms with E-state index in [0.717, 1.165) is 22.6 Å². The van der Waals surface area contributed by atoms with Crippen molar-refractivity contribution >= 4 is 17.7 Å². The third kappa shape index (κ3) is 2.51. The molecule has 0 saturated heterocycles. The Balaban J connectivity index is 1.84. The van der Waals surface area contributed by atoms with Gasteiger partial charge in [0.25, 0.3) is 5.91 Å². The number of halogens is 1. The molecule has 0 spiro atoms. The van der Waals surface area contributed by atoms with E-state index in [1.165, 1.54) is 12.1 Å². The fraction of sp³-hybridized carbons (Fsp3) is 0.214. The van der Waals surface area contributed by atoms with Crippen molar-refractivity contribution in [3.8, 4) is 0 Å². The van der Waals surface area contributed by atoms with Crippen LogP contribution in [0, 0.1) is 5.82 Å². The van der Waals surface area contributed by atoms with E-state index in [2.05, 4.69) is 10.3 Å². The van der Waals surface area contributed by atoms with Crippen LogP contribution in [0.5, 0.6) is 0 Å². The summed E-state index contributed by atoms with van der Waals surface area (Å²) in [5.41, 5.74) is 1.40. The Morgan fingerprint density at radius 2 is 2.32 bits per heavy atom. The summed E-state index contributed by atoms with van der Waals surface area (Å²) in [4.78, 5) is 15.9. The fourth-order valence-electron chi connectivity index (χ4n) is 2.22. The fourth-order valence-corrected chi connectivity index (χ4v) is 3.33. The minimum absolute atomic E-state index is 0.122. The molecule has 0 aliphatic carbocycles. The average Bonchev–Trinajstić information content (AvgIpc) is 2.93. The molecule has 1 aromatic carbocycles. The van der Waals surface area contributed by atoms with Crippen molar-refractivity contribution in [2.75, 3.05) is 5.75 Å². The van der Waals surface area contributed by atoms with Crippen molar-refractivity contribution in [2.24, 2.45) is 0 Å². The Morgan fingerprint density at radius 3 is 3.11 bits per heavy atom. The summed E-state index contributed by atoms with van der Waals surface area (Å²) < 4.78 is 13.4. The van der Waals surface area contributed by atoms with Crippen molar-refractivity contribution < 1.29 is 9.18 Å². The maximum atomic E-state index is 13.4. The Morgan fingerprint density at radius 1 is 1.42 bits per heavy atom. The van der Waals surface area contributed by atoms with Gasteiger partial charge in [-0.15, -0.1) is 11.8 Å². The van der Waals surface area contributed by atoms with Crippen molar-refractivity contribution in [3.05, 3.63) is 53.6 Å². The molecule has 3 nitrogen and oxygen atoms in total. The molecule has 19 heavy (non-hydrogen) atoms. The first-order chi connectivity index (χ1) is 9.24. The number of hydrogen-bond acceptors (Lipinski definition) is 2. The lowest BCUT2D eigenvalue weighted by Crippen LogP contribution is -2.30. The molecule has 0 bridgehead atoms. The number of carbonyl (C=O) groups is 1. The zero-order valence-electron chi connectivity index (χ0n) is 10.2. The molecule has 2 N–H and O–H groups in total. The average molecular weight is 276 g/mol. The monoisotopic (exact) mass is 276 g/mol. The standard InChI is InChI=1S/C14H13FN2OS/c15-9-3-4-13-10(8-9)11(5-7-19-13)17-14(18)12-2-1-6-16-12/h1-4,6,8,11,16H,5,7H2,(H,17,18). The van der Waals surface area contributed by atoms with Gasteiger partial charge in [-0.2, -0.15) is 0 Å². The van der Waals surface area contributed by atoms with Gasteiger partial charge in [0.05, 0.1) is 6.04 Å².